The molecule has 1 spiro atoms. The number of aryl methyl sites for hydroxylation is 1. The van der Waals surface area contributed by atoms with Crippen molar-refractivity contribution < 1.29 is 36.8 Å². The standard InChI is InChI=1S/C23H21F3N6O5/c1-8-4-13(18(25)26)29-32(8)19-12-5-11-6-23(20(33)27-22(35)28-21(23)34)17-10(3)36-9(2)7-31(17)15(11)14(24)16(12)37-30-19/h4-5,9-10,17-18H,6-7H2,1-3H3,(H2,27,28,33,34,35)/t9-,10+,17-/m0/s1. The van der Waals surface area contributed by atoms with Crippen LogP contribution in [0.2, 0.25) is 0 Å². The van der Waals surface area contributed by atoms with Gasteiger partial charge in [0.2, 0.25) is 23.2 Å². The molecule has 1 aromatic carbocycles. The number of imide groups is 2. The van der Waals surface area contributed by atoms with Crippen LogP contribution in [0, 0.1) is 18.2 Å². The second-order valence-electron chi connectivity index (χ2n) is 9.64. The molecule has 0 bridgehead atoms. The van der Waals surface area contributed by atoms with Crippen LogP contribution in [-0.4, -0.2) is 57.6 Å². The lowest BCUT2D eigenvalue weighted by Crippen LogP contribution is -2.75. The van der Waals surface area contributed by atoms with Gasteiger partial charge < -0.3 is 14.2 Å². The van der Waals surface area contributed by atoms with Crippen molar-refractivity contribution in [1.82, 2.24) is 25.6 Å². The Hall–Kier alpha value is -3.94. The molecule has 3 atom stereocenters. The van der Waals surface area contributed by atoms with Gasteiger partial charge in [0.1, 0.15) is 5.69 Å². The van der Waals surface area contributed by atoms with Gasteiger partial charge in [-0.2, -0.15) is 5.10 Å². The molecular weight excluding hydrogens is 497 g/mol. The van der Waals surface area contributed by atoms with Crippen molar-refractivity contribution in [1.29, 1.82) is 0 Å². The minimum Gasteiger partial charge on any atom is -0.372 e. The molecule has 2 fully saturated rings. The first-order chi connectivity index (χ1) is 17.5. The van der Waals surface area contributed by atoms with Crippen molar-refractivity contribution in [3.05, 3.63) is 34.9 Å². The Morgan fingerprint density at radius 2 is 1.86 bits per heavy atom. The van der Waals surface area contributed by atoms with Crippen LogP contribution in [0.5, 0.6) is 0 Å². The number of hydrogen-bond donors (Lipinski definition) is 2. The summed E-state index contributed by atoms with van der Waals surface area (Å²) in [7, 11) is 0. The minimum absolute atomic E-state index is 0.0197. The second kappa shape index (κ2) is 7.78. The number of fused-ring (bicyclic) bond motifs is 5. The molecule has 11 nitrogen and oxygen atoms in total. The van der Waals surface area contributed by atoms with Crippen molar-refractivity contribution in [2.75, 3.05) is 11.4 Å². The summed E-state index contributed by atoms with van der Waals surface area (Å²) < 4.78 is 55.0. The van der Waals surface area contributed by atoms with Gasteiger partial charge in [-0.25, -0.2) is 22.6 Å². The summed E-state index contributed by atoms with van der Waals surface area (Å²) in [5.41, 5.74) is -1.79. The summed E-state index contributed by atoms with van der Waals surface area (Å²) in [6.07, 6.45) is -4.13. The number of rotatable bonds is 2. The molecule has 6 rings (SSSR count). The third-order valence-corrected chi connectivity index (χ3v) is 7.28. The van der Waals surface area contributed by atoms with E-state index in [2.05, 4.69) is 20.9 Å². The molecule has 3 aromatic rings. The van der Waals surface area contributed by atoms with E-state index in [0.29, 0.717) is 5.69 Å². The van der Waals surface area contributed by atoms with E-state index in [1.54, 1.807) is 18.7 Å². The van der Waals surface area contributed by atoms with E-state index in [1.165, 1.54) is 19.1 Å². The minimum atomic E-state index is -2.82. The monoisotopic (exact) mass is 518 g/mol. The maximum Gasteiger partial charge on any atom is 0.328 e. The number of hydrogen-bond acceptors (Lipinski definition) is 8. The topological polar surface area (TPSA) is 132 Å². The summed E-state index contributed by atoms with van der Waals surface area (Å²) >= 11 is 0. The van der Waals surface area contributed by atoms with Crippen LogP contribution in [0.4, 0.5) is 23.7 Å². The summed E-state index contributed by atoms with van der Waals surface area (Å²) in [5, 5.41) is 12.2. The fourth-order valence-corrected chi connectivity index (χ4v) is 5.91. The number of ether oxygens (including phenoxy) is 1. The van der Waals surface area contributed by atoms with Gasteiger partial charge in [-0.05, 0) is 38.5 Å². The molecule has 3 aliphatic heterocycles. The van der Waals surface area contributed by atoms with Gasteiger partial charge in [-0.15, -0.1) is 0 Å². The van der Waals surface area contributed by atoms with Gasteiger partial charge in [0.15, 0.2) is 11.2 Å². The van der Waals surface area contributed by atoms with Crippen LogP contribution in [0.3, 0.4) is 0 Å². The molecule has 2 N–H and O–H groups in total. The number of carbonyl (C=O) groups is 3. The van der Waals surface area contributed by atoms with Crippen LogP contribution in [0.15, 0.2) is 16.7 Å². The summed E-state index contributed by atoms with van der Waals surface area (Å²) in [6, 6.07) is 0.829. The summed E-state index contributed by atoms with van der Waals surface area (Å²) in [6.45, 7) is 5.15. The fraction of sp³-hybridized carbons (Fsp3) is 0.435. The van der Waals surface area contributed by atoms with Crippen LogP contribution >= 0.6 is 0 Å². The average molecular weight is 518 g/mol. The zero-order valence-electron chi connectivity index (χ0n) is 19.8. The second-order valence-corrected chi connectivity index (χ2v) is 9.64. The third kappa shape index (κ3) is 3.14. The van der Waals surface area contributed by atoms with E-state index >= 15 is 4.39 Å². The molecule has 0 aliphatic carbocycles. The lowest BCUT2D eigenvalue weighted by molar-refractivity contribution is -0.153. The van der Waals surface area contributed by atoms with Crippen molar-refractivity contribution in [3.63, 3.8) is 0 Å². The molecule has 5 heterocycles. The molecule has 4 amide bonds. The maximum absolute atomic E-state index is 16.1. The number of halogens is 3. The highest BCUT2D eigenvalue weighted by Crippen LogP contribution is 2.49. The highest BCUT2D eigenvalue weighted by atomic mass is 19.3. The number of benzene rings is 1. The first-order valence-corrected chi connectivity index (χ1v) is 11.6. The predicted molar refractivity (Wildman–Crippen MR) is 120 cm³/mol. The van der Waals surface area contributed by atoms with Crippen molar-refractivity contribution >= 4 is 34.5 Å². The lowest BCUT2D eigenvalue weighted by Gasteiger charge is -2.55. The van der Waals surface area contributed by atoms with Crippen molar-refractivity contribution in [2.45, 2.75) is 51.9 Å². The van der Waals surface area contributed by atoms with E-state index in [-0.39, 0.29) is 47.1 Å². The maximum atomic E-state index is 16.1. The molecule has 37 heavy (non-hydrogen) atoms. The summed E-state index contributed by atoms with van der Waals surface area (Å²) in [5.74, 6) is -2.43. The number of morpholine rings is 1. The number of carbonyl (C=O) groups excluding carboxylic acids is 3. The van der Waals surface area contributed by atoms with Crippen molar-refractivity contribution in [3.8, 4) is 5.82 Å². The molecule has 0 radical (unpaired) electrons. The Labute approximate surface area is 206 Å². The molecule has 194 valence electrons. The molecule has 0 saturated carbocycles. The average Bonchev–Trinajstić information content (AvgIpc) is 3.40. The number of aromatic nitrogens is 3. The Morgan fingerprint density at radius 3 is 2.51 bits per heavy atom. The largest absolute Gasteiger partial charge is 0.372 e. The van der Waals surface area contributed by atoms with Gasteiger partial charge in [0.05, 0.1) is 29.3 Å². The first kappa shape index (κ1) is 23.5. The number of alkyl halides is 2. The van der Waals surface area contributed by atoms with Gasteiger partial charge >= 0.3 is 6.03 Å². The normalized spacial score (nSPS) is 24.9. The van der Waals surface area contributed by atoms with E-state index in [4.69, 9.17) is 9.26 Å². The Balaban J connectivity index is 1.58. The zero-order chi connectivity index (χ0) is 26.4. The smallest absolute Gasteiger partial charge is 0.328 e. The predicted octanol–water partition coefficient (Wildman–Crippen LogP) is 2.29. The highest BCUT2D eigenvalue weighted by molar-refractivity contribution is 6.20. The SMILES string of the molecule is Cc1cc(C(F)F)nn1-c1noc2c(F)c3c(cc12)CC1(C(=O)NC(=O)NC1=O)[C@@H]1[C@@H](C)O[C@@H](C)CN31. The molecular formula is C23H21F3N6O5. The highest BCUT2D eigenvalue weighted by Gasteiger charge is 2.63. The Morgan fingerprint density at radius 1 is 1.16 bits per heavy atom. The molecule has 2 aromatic heterocycles. The molecule has 14 heteroatoms. The van der Waals surface area contributed by atoms with E-state index < -0.39 is 53.3 Å². The molecule has 2 saturated heterocycles. The van der Waals surface area contributed by atoms with Gasteiger partial charge in [-0.3, -0.25) is 20.2 Å². The fourth-order valence-electron chi connectivity index (χ4n) is 5.91. The van der Waals surface area contributed by atoms with Crippen molar-refractivity contribution in [2.24, 2.45) is 5.41 Å². The van der Waals surface area contributed by atoms with Crippen LogP contribution in [-0.2, 0) is 20.7 Å². The summed E-state index contributed by atoms with van der Waals surface area (Å²) in [4.78, 5) is 40.1. The first-order valence-electron chi connectivity index (χ1n) is 11.6. The Bertz CT molecular complexity index is 1480. The van der Waals surface area contributed by atoms with Crippen LogP contribution < -0.4 is 15.5 Å². The van der Waals surface area contributed by atoms with E-state index in [1.807, 2.05) is 0 Å². The Kier molecular flexibility index (Phi) is 4.93. The number of amides is 4. The molecule has 0 unspecified atom stereocenters. The third-order valence-electron chi connectivity index (χ3n) is 7.28. The van der Waals surface area contributed by atoms with Gasteiger partial charge in [0.25, 0.3) is 6.43 Å². The van der Waals surface area contributed by atoms with Gasteiger partial charge in [-0.1, -0.05) is 5.16 Å². The van der Waals surface area contributed by atoms with Gasteiger partial charge in [0, 0.05) is 18.7 Å². The zero-order valence-corrected chi connectivity index (χ0v) is 19.8. The number of anilines is 1. The van der Waals surface area contributed by atoms with Crippen LogP contribution in [0.25, 0.3) is 16.8 Å². The number of nitrogens with zero attached hydrogens (tertiary/aromatic N) is 4. The van der Waals surface area contributed by atoms with Crippen LogP contribution in [0.1, 0.15) is 37.2 Å². The quantitative estimate of drug-likeness (QED) is 0.494. The molecule has 3 aliphatic rings. The van der Waals surface area contributed by atoms with E-state index in [9.17, 15) is 23.2 Å². The number of urea groups is 1. The van der Waals surface area contributed by atoms with E-state index in [0.717, 1.165) is 4.68 Å². The number of barbiturate groups is 1. The lowest BCUT2D eigenvalue weighted by atomic mass is 9.66. The number of nitrogens with one attached hydrogen (secondary N) is 2.